The first-order chi connectivity index (χ1) is 12.5. The third kappa shape index (κ3) is 3.53. The SMILES string of the molecule is Cc1c(C(=O)Cl)cccc1C1=NOC(c2cc(Cl)cc(Cl)c2)(C(F)(F)F)C1. The molecule has 0 amide bonds. The van der Waals surface area contributed by atoms with E-state index >= 15 is 0 Å². The highest BCUT2D eigenvalue weighted by molar-refractivity contribution is 6.68. The molecule has 1 atom stereocenters. The number of hydrogen-bond acceptors (Lipinski definition) is 3. The van der Waals surface area contributed by atoms with Gasteiger partial charge in [0, 0.05) is 33.2 Å². The number of halogens is 6. The summed E-state index contributed by atoms with van der Waals surface area (Å²) in [5.74, 6) is 0. The zero-order chi connectivity index (χ0) is 20.0. The van der Waals surface area contributed by atoms with Gasteiger partial charge in [-0.3, -0.25) is 4.79 Å². The van der Waals surface area contributed by atoms with Crippen LogP contribution in [0.3, 0.4) is 0 Å². The first kappa shape index (κ1) is 20.0. The highest BCUT2D eigenvalue weighted by atomic mass is 35.5. The van der Waals surface area contributed by atoms with E-state index in [1.54, 1.807) is 13.0 Å². The molecule has 1 aliphatic heterocycles. The largest absolute Gasteiger partial charge is 0.435 e. The van der Waals surface area contributed by atoms with E-state index in [9.17, 15) is 18.0 Å². The second-order valence-electron chi connectivity index (χ2n) is 6.04. The topological polar surface area (TPSA) is 38.7 Å². The molecule has 3 nitrogen and oxygen atoms in total. The monoisotopic (exact) mass is 435 g/mol. The molecule has 0 aliphatic carbocycles. The van der Waals surface area contributed by atoms with Gasteiger partial charge >= 0.3 is 6.18 Å². The molecule has 142 valence electrons. The van der Waals surface area contributed by atoms with Gasteiger partial charge in [-0.2, -0.15) is 13.2 Å². The molecule has 1 aliphatic rings. The van der Waals surface area contributed by atoms with E-state index in [1.807, 2.05) is 0 Å². The van der Waals surface area contributed by atoms with Gasteiger partial charge in [-0.05, 0) is 48.4 Å². The van der Waals surface area contributed by atoms with E-state index in [2.05, 4.69) is 5.16 Å². The molecule has 0 radical (unpaired) electrons. The third-order valence-corrected chi connectivity index (χ3v) is 5.01. The summed E-state index contributed by atoms with van der Waals surface area (Å²) < 4.78 is 42.0. The van der Waals surface area contributed by atoms with E-state index in [0.717, 1.165) is 12.1 Å². The minimum Gasteiger partial charge on any atom is -0.374 e. The maximum atomic E-state index is 14.0. The van der Waals surface area contributed by atoms with Crippen molar-refractivity contribution in [3.8, 4) is 0 Å². The summed E-state index contributed by atoms with van der Waals surface area (Å²) in [4.78, 5) is 16.5. The number of nitrogens with zero attached hydrogens (tertiary/aromatic N) is 1. The summed E-state index contributed by atoms with van der Waals surface area (Å²) in [6, 6.07) is 8.17. The molecule has 0 saturated carbocycles. The fourth-order valence-electron chi connectivity index (χ4n) is 3.00. The lowest BCUT2D eigenvalue weighted by atomic mass is 9.85. The van der Waals surface area contributed by atoms with Gasteiger partial charge in [0.1, 0.15) is 0 Å². The molecule has 2 aromatic carbocycles. The van der Waals surface area contributed by atoms with Crippen molar-refractivity contribution in [1.82, 2.24) is 0 Å². The first-order valence-electron chi connectivity index (χ1n) is 7.63. The molecule has 0 N–H and O–H groups in total. The fourth-order valence-corrected chi connectivity index (χ4v) is 3.73. The average Bonchev–Trinajstić information content (AvgIpc) is 3.00. The molecule has 0 bridgehead atoms. The van der Waals surface area contributed by atoms with Crippen molar-refractivity contribution in [3.05, 3.63) is 68.7 Å². The van der Waals surface area contributed by atoms with Gasteiger partial charge in [-0.25, -0.2) is 0 Å². The van der Waals surface area contributed by atoms with Crippen LogP contribution >= 0.6 is 34.8 Å². The molecular formula is C18H11Cl3F3NO2. The lowest BCUT2D eigenvalue weighted by Crippen LogP contribution is -2.42. The zero-order valence-electron chi connectivity index (χ0n) is 13.7. The predicted octanol–water partition coefficient (Wildman–Crippen LogP) is 6.26. The Morgan fingerprint density at radius 3 is 2.37 bits per heavy atom. The molecule has 3 rings (SSSR count). The Morgan fingerprint density at radius 1 is 1.19 bits per heavy atom. The van der Waals surface area contributed by atoms with Crippen LogP contribution in [0.2, 0.25) is 10.0 Å². The van der Waals surface area contributed by atoms with Crippen molar-refractivity contribution >= 4 is 45.8 Å². The van der Waals surface area contributed by atoms with Gasteiger partial charge in [0.05, 0.1) is 5.71 Å². The highest BCUT2D eigenvalue weighted by Crippen LogP contribution is 2.49. The molecule has 0 spiro atoms. The summed E-state index contributed by atoms with van der Waals surface area (Å²) >= 11 is 17.3. The van der Waals surface area contributed by atoms with E-state index in [-0.39, 0.29) is 26.9 Å². The first-order valence-corrected chi connectivity index (χ1v) is 8.77. The van der Waals surface area contributed by atoms with Crippen molar-refractivity contribution in [1.29, 1.82) is 0 Å². The number of alkyl halides is 3. The summed E-state index contributed by atoms with van der Waals surface area (Å²) in [5.41, 5.74) is -1.99. The highest BCUT2D eigenvalue weighted by Gasteiger charge is 2.62. The summed E-state index contributed by atoms with van der Waals surface area (Å²) in [6.07, 6.45) is -5.39. The normalized spacial score (nSPS) is 19.6. The van der Waals surface area contributed by atoms with Crippen molar-refractivity contribution in [2.24, 2.45) is 5.16 Å². The minimum absolute atomic E-state index is 0.0423. The predicted molar refractivity (Wildman–Crippen MR) is 97.8 cm³/mol. The number of benzene rings is 2. The Bertz CT molecular complexity index is 939. The number of carbonyl (C=O) groups is 1. The molecule has 0 aromatic heterocycles. The number of oxime groups is 1. The maximum Gasteiger partial charge on any atom is 0.435 e. The van der Waals surface area contributed by atoms with E-state index < -0.39 is 23.4 Å². The lowest BCUT2D eigenvalue weighted by Gasteiger charge is -2.29. The second-order valence-corrected chi connectivity index (χ2v) is 7.26. The maximum absolute atomic E-state index is 14.0. The Balaban J connectivity index is 2.08. The molecule has 2 aromatic rings. The number of hydrogen-bond donors (Lipinski definition) is 0. The van der Waals surface area contributed by atoms with Crippen LogP contribution in [-0.4, -0.2) is 17.1 Å². The average molecular weight is 437 g/mol. The lowest BCUT2D eigenvalue weighted by molar-refractivity contribution is -0.275. The smallest absolute Gasteiger partial charge is 0.374 e. The molecule has 1 unspecified atom stereocenters. The molecular weight excluding hydrogens is 426 g/mol. The Labute approximate surface area is 167 Å². The Morgan fingerprint density at radius 2 is 1.81 bits per heavy atom. The fraction of sp³-hybridized carbons (Fsp3) is 0.222. The van der Waals surface area contributed by atoms with Crippen molar-refractivity contribution in [2.75, 3.05) is 0 Å². The minimum atomic E-state index is -4.79. The van der Waals surface area contributed by atoms with Gasteiger partial charge in [0.15, 0.2) is 0 Å². The van der Waals surface area contributed by atoms with Gasteiger partial charge in [0.25, 0.3) is 10.8 Å². The van der Waals surface area contributed by atoms with Crippen LogP contribution in [0.5, 0.6) is 0 Å². The van der Waals surface area contributed by atoms with E-state index in [4.69, 9.17) is 39.6 Å². The summed E-state index contributed by atoms with van der Waals surface area (Å²) in [5, 5.41) is 3.06. The van der Waals surface area contributed by atoms with Crippen molar-refractivity contribution in [3.63, 3.8) is 0 Å². The molecule has 0 saturated heterocycles. The molecule has 9 heteroatoms. The van der Waals surface area contributed by atoms with Crippen LogP contribution in [0.1, 0.15) is 33.5 Å². The van der Waals surface area contributed by atoms with Crippen LogP contribution in [0, 0.1) is 6.92 Å². The Hall–Kier alpha value is -1.76. The summed E-state index contributed by atoms with van der Waals surface area (Å²) in [7, 11) is 0. The van der Waals surface area contributed by atoms with Crippen LogP contribution in [-0.2, 0) is 10.4 Å². The Kier molecular flexibility index (Phi) is 5.18. The van der Waals surface area contributed by atoms with Crippen molar-refractivity contribution < 1.29 is 22.8 Å². The number of rotatable bonds is 3. The molecule has 0 fully saturated rings. The molecule has 1 heterocycles. The third-order valence-electron chi connectivity index (χ3n) is 4.37. The van der Waals surface area contributed by atoms with Crippen LogP contribution in [0.25, 0.3) is 0 Å². The zero-order valence-corrected chi connectivity index (χ0v) is 16.0. The van der Waals surface area contributed by atoms with Crippen LogP contribution in [0.4, 0.5) is 13.2 Å². The van der Waals surface area contributed by atoms with Gasteiger partial charge in [-0.15, -0.1) is 0 Å². The quantitative estimate of drug-likeness (QED) is 0.532. The van der Waals surface area contributed by atoms with Crippen LogP contribution < -0.4 is 0 Å². The van der Waals surface area contributed by atoms with Gasteiger partial charge < -0.3 is 4.84 Å². The second kappa shape index (κ2) is 7.00. The van der Waals surface area contributed by atoms with Crippen molar-refractivity contribution in [2.45, 2.75) is 25.1 Å². The standard InChI is InChI=1S/C18H11Cl3F3NO2/c1-9-13(3-2-4-14(9)16(21)26)15-8-17(27-25-15,18(22,23)24)10-5-11(19)7-12(20)6-10/h2-7H,8H2,1H3. The number of carbonyl (C=O) groups excluding carboxylic acids is 1. The molecule has 27 heavy (non-hydrogen) atoms. The summed E-state index contributed by atoms with van der Waals surface area (Å²) in [6.45, 7) is 1.58. The van der Waals surface area contributed by atoms with E-state index in [0.29, 0.717) is 11.1 Å². The van der Waals surface area contributed by atoms with Gasteiger partial charge in [0.2, 0.25) is 0 Å². The van der Waals surface area contributed by atoms with Crippen LogP contribution in [0.15, 0.2) is 41.6 Å². The van der Waals surface area contributed by atoms with E-state index in [1.165, 1.54) is 18.2 Å². The van der Waals surface area contributed by atoms with Gasteiger partial charge in [-0.1, -0.05) is 40.5 Å².